The van der Waals surface area contributed by atoms with Gasteiger partial charge in [-0.05, 0) is 31.0 Å². The zero-order valence-corrected chi connectivity index (χ0v) is 11.1. The predicted octanol–water partition coefficient (Wildman–Crippen LogP) is 0.257. The van der Waals surface area contributed by atoms with Crippen LogP contribution in [0.1, 0.15) is 24.4 Å². The molecule has 5 N–H and O–H groups in total. The molecule has 2 aromatic rings. The molecule has 0 saturated heterocycles. The number of aromatic hydroxyl groups is 1. The Morgan fingerprint density at radius 1 is 1.45 bits per heavy atom. The van der Waals surface area contributed by atoms with Crippen LogP contribution >= 0.6 is 0 Å². The Hall–Kier alpha value is -2.41. The minimum Gasteiger partial charge on any atom is -0.508 e. The van der Waals surface area contributed by atoms with Gasteiger partial charge in [0, 0.05) is 0 Å². The minimum absolute atomic E-state index is 0.186. The molecule has 0 aliphatic carbocycles. The normalized spacial score (nSPS) is 13.7. The number of hydrogen-bond acceptors (Lipinski definition) is 5. The average molecular weight is 275 g/mol. The first-order valence-corrected chi connectivity index (χ1v) is 6.25. The number of carbonyl (C=O) groups excluding carboxylic acids is 1. The maximum atomic E-state index is 12.0. The molecule has 2 atom stereocenters. The molecule has 0 saturated carbocycles. The van der Waals surface area contributed by atoms with Crippen molar-refractivity contribution >= 4 is 5.91 Å². The Balaban J connectivity index is 1.90. The molecule has 0 spiro atoms. The highest BCUT2D eigenvalue weighted by molar-refractivity contribution is 5.82. The van der Waals surface area contributed by atoms with Crippen molar-refractivity contribution in [1.82, 2.24) is 20.5 Å². The molecule has 0 fully saturated rings. The van der Waals surface area contributed by atoms with Gasteiger partial charge >= 0.3 is 0 Å². The van der Waals surface area contributed by atoms with E-state index in [0.29, 0.717) is 12.2 Å². The van der Waals surface area contributed by atoms with Crippen LogP contribution in [0.15, 0.2) is 30.6 Å². The van der Waals surface area contributed by atoms with Crippen molar-refractivity contribution < 1.29 is 9.90 Å². The van der Waals surface area contributed by atoms with E-state index < -0.39 is 6.04 Å². The molecule has 1 aromatic heterocycles. The second-order valence-electron chi connectivity index (χ2n) is 4.58. The number of rotatable bonds is 5. The zero-order valence-electron chi connectivity index (χ0n) is 11.1. The lowest BCUT2D eigenvalue weighted by atomic mass is 10.1. The summed E-state index contributed by atoms with van der Waals surface area (Å²) in [7, 11) is 0. The highest BCUT2D eigenvalue weighted by atomic mass is 16.3. The minimum atomic E-state index is -0.662. The summed E-state index contributed by atoms with van der Waals surface area (Å²) in [6.45, 7) is 1.80. The number of phenolic OH excluding ortho intramolecular Hbond substituents is 1. The number of phenols is 1. The molecular formula is C13H17N5O2. The van der Waals surface area contributed by atoms with Gasteiger partial charge in [-0.25, -0.2) is 4.98 Å². The third kappa shape index (κ3) is 3.55. The average Bonchev–Trinajstić information content (AvgIpc) is 2.95. The Kier molecular flexibility index (Phi) is 4.31. The molecule has 1 amide bonds. The molecule has 0 aliphatic heterocycles. The molecule has 7 nitrogen and oxygen atoms in total. The summed E-state index contributed by atoms with van der Waals surface area (Å²) in [4.78, 5) is 15.9. The van der Waals surface area contributed by atoms with Crippen LogP contribution in [0.4, 0.5) is 0 Å². The van der Waals surface area contributed by atoms with Crippen molar-refractivity contribution in [3.8, 4) is 5.75 Å². The van der Waals surface area contributed by atoms with Gasteiger partial charge in [0.1, 0.15) is 17.9 Å². The number of carbonyl (C=O) groups is 1. The van der Waals surface area contributed by atoms with Crippen LogP contribution in [-0.4, -0.2) is 32.2 Å². The zero-order chi connectivity index (χ0) is 14.5. The smallest absolute Gasteiger partial charge is 0.237 e. The summed E-state index contributed by atoms with van der Waals surface area (Å²) in [5, 5.41) is 18.4. The van der Waals surface area contributed by atoms with E-state index in [1.54, 1.807) is 31.2 Å². The molecule has 7 heteroatoms. The molecule has 1 aromatic carbocycles. The van der Waals surface area contributed by atoms with Gasteiger partial charge in [0.2, 0.25) is 5.91 Å². The third-order valence-electron chi connectivity index (χ3n) is 2.93. The Morgan fingerprint density at radius 3 is 2.75 bits per heavy atom. The maximum absolute atomic E-state index is 12.0. The van der Waals surface area contributed by atoms with Crippen LogP contribution in [0.3, 0.4) is 0 Å². The molecule has 2 rings (SSSR count). The van der Waals surface area contributed by atoms with Gasteiger partial charge < -0.3 is 16.2 Å². The first-order chi connectivity index (χ1) is 9.56. The lowest BCUT2D eigenvalue weighted by Gasteiger charge is -2.16. The number of aromatic amines is 1. The van der Waals surface area contributed by atoms with Crippen LogP contribution in [0, 0.1) is 0 Å². The molecule has 1 heterocycles. The first kappa shape index (κ1) is 14.0. The molecule has 0 bridgehead atoms. The van der Waals surface area contributed by atoms with Crippen molar-refractivity contribution in [3.63, 3.8) is 0 Å². The van der Waals surface area contributed by atoms with E-state index in [0.717, 1.165) is 5.56 Å². The van der Waals surface area contributed by atoms with Gasteiger partial charge in [-0.1, -0.05) is 12.1 Å². The van der Waals surface area contributed by atoms with Crippen molar-refractivity contribution in [1.29, 1.82) is 0 Å². The van der Waals surface area contributed by atoms with Gasteiger partial charge in [-0.3, -0.25) is 9.89 Å². The van der Waals surface area contributed by atoms with Crippen LogP contribution in [0.25, 0.3) is 0 Å². The molecule has 0 radical (unpaired) electrons. The van der Waals surface area contributed by atoms with E-state index in [1.165, 1.54) is 6.33 Å². The third-order valence-corrected chi connectivity index (χ3v) is 2.93. The largest absolute Gasteiger partial charge is 0.508 e. The number of nitrogens with zero attached hydrogens (tertiary/aromatic N) is 2. The quantitative estimate of drug-likeness (QED) is 0.624. The fraction of sp³-hybridized carbons (Fsp3) is 0.308. The summed E-state index contributed by atoms with van der Waals surface area (Å²) in [5.41, 5.74) is 6.76. The topological polar surface area (TPSA) is 117 Å². The van der Waals surface area contributed by atoms with E-state index in [-0.39, 0.29) is 17.7 Å². The number of nitrogens with one attached hydrogen (secondary N) is 2. The molecule has 2 unspecified atom stereocenters. The van der Waals surface area contributed by atoms with E-state index in [4.69, 9.17) is 5.73 Å². The molecule has 20 heavy (non-hydrogen) atoms. The Bertz CT molecular complexity index is 553. The number of amides is 1. The lowest BCUT2D eigenvalue weighted by molar-refractivity contribution is -0.123. The Labute approximate surface area is 116 Å². The summed E-state index contributed by atoms with van der Waals surface area (Å²) in [6.07, 6.45) is 1.78. The monoisotopic (exact) mass is 275 g/mol. The van der Waals surface area contributed by atoms with E-state index in [9.17, 15) is 9.90 Å². The van der Waals surface area contributed by atoms with E-state index in [2.05, 4.69) is 20.5 Å². The maximum Gasteiger partial charge on any atom is 0.237 e. The van der Waals surface area contributed by atoms with Gasteiger partial charge in [0.15, 0.2) is 0 Å². The molecular weight excluding hydrogens is 258 g/mol. The first-order valence-electron chi connectivity index (χ1n) is 6.25. The fourth-order valence-electron chi connectivity index (χ4n) is 1.79. The summed E-state index contributed by atoms with van der Waals surface area (Å²) < 4.78 is 0. The van der Waals surface area contributed by atoms with Crippen LogP contribution < -0.4 is 11.1 Å². The van der Waals surface area contributed by atoms with Crippen molar-refractivity contribution in [2.45, 2.75) is 25.4 Å². The van der Waals surface area contributed by atoms with Crippen LogP contribution in [0.5, 0.6) is 5.75 Å². The van der Waals surface area contributed by atoms with Gasteiger partial charge in [-0.2, -0.15) is 5.10 Å². The standard InChI is InChI=1S/C13H17N5O2/c1-8(12-15-7-16-18-12)17-13(20)11(14)6-9-2-4-10(19)5-3-9/h2-5,7-8,11,19H,6,14H2,1H3,(H,17,20)(H,15,16,18). The Morgan fingerprint density at radius 2 is 2.15 bits per heavy atom. The summed E-state index contributed by atoms with van der Waals surface area (Å²) in [5.74, 6) is 0.503. The van der Waals surface area contributed by atoms with Gasteiger partial charge in [0.25, 0.3) is 0 Å². The number of H-pyrrole nitrogens is 1. The van der Waals surface area contributed by atoms with E-state index in [1.807, 2.05) is 0 Å². The molecule has 0 aliphatic rings. The number of benzene rings is 1. The lowest BCUT2D eigenvalue weighted by Crippen LogP contribution is -2.43. The number of hydrogen-bond donors (Lipinski definition) is 4. The van der Waals surface area contributed by atoms with E-state index >= 15 is 0 Å². The second-order valence-corrected chi connectivity index (χ2v) is 4.58. The van der Waals surface area contributed by atoms with Crippen molar-refractivity contribution in [2.24, 2.45) is 5.73 Å². The molecule has 106 valence electrons. The number of aromatic nitrogens is 3. The summed E-state index contributed by atoms with van der Waals surface area (Å²) in [6, 6.07) is 5.67. The SMILES string of the molecule is CC(NC(=O)C(N)Cc1ccc(O)cc1)c1ncn[nH]1. The van der Waals surface area contributed by atoms with Gasteiger partial charge in [0.05, 0.1) is 12.1 Å². The number of nitrogens with two attached hydrogens (primary N) is 1. The second kappa shape index (κ2) is 6.16. The predicted molar refractivity (Wildman–Crippen MR) is 72.7 cm³/mol. The van der Waals surface area contributed by atoms with Crippen molar-refractivity contribution in [2.75, 3.05) is 0 Å². The highest BCUT2D eigenvalue weighted by Crippen LogP contribution is 2.11. The van der Waals surface area contributed by atoms with Gasteiger partial charge in [-0.15, -0.1) is 0 Å². The fourth-order valence-corrected chi connectivity index (χ4v) is 1.79. The van der Waals surface area contributed by atoms with Crippen LogP contribution in [-0.2, 0) is 11.2 Å². The van der Waals surface area contributed by atoms with Crippen molar-refractivity contribution in [3.05, 3.63) is 42.0 Å². The van der Waals surface area contributed by atoms with Crippen LogP contribution in [0.2, 0.25) is 0 Å². The highest BCUT2D eigenvalue weighted by Gasteiger charge is 2.18. The summed E-state index contributed by atoms with van der Waals surface area (Å²) >= 11 is 0.